The topological polar surface area (TPSA) is 68.3 Å². The number of ether oxygens (including phenoxy) is 1. The fraction of sp³-hybridized carbons (Fsp3) is 0.400. The molecule has 1 N–H and O–H groups in total. The Kier molecular flexibility index (Phi) is 5.33. The molecule has 124 valence electrons. The van der Waals surface area contributed by atoms with E-state index < -0.39 is 10.0 Å². The first-order valence-electron chi connectivity index (χ1n) is 7.31. The summed E-state index contributed by atoms with van der Waals surface area (Å²) in [6.07, 6.45) is 5.02. The predicted molar refractivity (Wildman–Crippen MR) is 90.2 cm³/mol. The van der Waals surface area contributed by atoms with Gasteiger partial charge in [-0.1, -0.05) is 17.7 Å². The quantitative estimate of drug-likeness (QED) is 0.874. The number of hydrogen-bond donors (Lipinski definition) is 1. The number of rotatable bonds is 5. The SMILES string of the molecule is O=S(=O)(NC(c1cccnc1)C1CCOCC1)c1ccc(Cl)s1. The lowest BCUT2D eigenvalue weighted by atomic mass is 9.88. The van der Waals surface area contributed by atoms with Crippen molar-refractivity contribution in [2.75, 3.05) is 13.2 Å². The molecule has 3 heterocycles. The van der Waals surface area contributed by atoms with Crippen LogP contribution in [-0.4, -0.2) is 26.6 Å². The van der Waals surface area contributed by atoms with Crippen molar-refractivity contribution < 1.29 is 13.2 Å². The van der Waals surface area contributed by atoms with E-state index in [1.807, 2.05) is 12.1 Å². The molecule has 2 aromatic rings. The average molecular weight is 373 g/mol. The molecule has 3 rings (SSSR count). The normalized spacial score (nSPS) is 18.0. The van der Waals surface area contributed by atoms with Crippen molar-refractivity contribution in [3.05, 3.63) is 46.6 Å². The van der Waals surface area contributed by atoms with Crippen molar-refractivity contribution in [2.45, 2.75) is 23.1 Å². The van der Waals surface area contributed by atoms with Crippen molar-refractivity contribution in [3.8, 4) is 0 Å². The van der Waals surface area contributed by atoms with E-state index in [9.17, 15) is 8.42 Å². The molecule has 1 fully saturated rings. The largest absolute Gasteiger partial charge is 0.381 e. The fourth-order valence-corrected chi connectivity index (χ4v) is 5.51. The molecule has 1 aliphatic heterocycles. The fourth-order valence-electron chi connectivity index (χ4n) is 2.71. The van der Waals surface area contributed by atoms with E-state index in [2.05, 4.69) is 9.71 Å². The van der Waals surface area contributed by atoms with Gasteiger partial charge in [-0.25, -0.2) is 13.1 Å². The number of thiophene rings is 1. The van der Waals surface area contributed by atoms with Gasteiger partial charge < -0.3 is 4.74 Å². The molecule has 1 saturated heterocycles. The van der Waals surface area contributed by atoms with Gasteiger partial charge in [0, 0.05) is 25.6 Å². The third-order valence-electron chi connectivity index (χ3n) is 3.88. The molecule has 1 unspecified atom stereocenters. The first-order valence-corrected chi connectivity index (χ1v) is 9.99. The molecule has 2 aromatic heterocycles. The van der Waals surface area contributed by atoms with Crippen LogP contribution in [0.5, 0.6) is 0 Å². The van der Waals surface area contributed by atoms with E-state index >= 15 is 0 Å². The third kappa shape index (κ3) is 4.10. The third-order valence-corrected chi connectivity index (χ3v) is 7.04. The zero-order valence-electron chi connectivity index (χ0n) is 12.3. The first-order chi connectivity index (χ1) is 11.1. The van der Waals surface area contributed by atoms with E-state index in [4.69, 9.17) is 16.3 Å². The Labute approximate surface area is 144 Å². The summed E-state index contributed by atoms with van der Waals surface area (Å²) in [5.41, 5.74) is 0.866. The Hall–Kier alpha value is -0.990. The van der Waals surface area contributed by atoms with Gasteiger partial charge in [0.25, 0.3) is 10.0 Å². The van der Waals surface area contributed by atoms with Gasteiger partial charge in [0.2, 0.25) is 0 Å². The maximum Gasteiger partial charge on any atom is 0.250 e. The van der Waals surface area contributed by atoms with Gasteiger partial charge in [-0.05, 0) is 42.5 Å². The van der Waals surface area contributed by atoms with Crippen LogP contribution >= 0.6 is 22.9 Å². The Morgan fingerprint density at radius 2 is 2.09 bits per heavy atom. The Bertz CT molecular complexity index is 743. The number of aromatic nitrogens is 1. The van der Waals surface area contributed by atoms with Crippen LogP contribution in [0.25, 0.3) is 0 Å². The van der Waals surface area contributed by atoms with E-state index in [1.54, 1.807) is 18.5 Å². The zero-order valence-corrected chi connectivity index (χ0v) is 14.7. The van der Waals surface area contributed by atoms with Gasteiger partial charge >= 0.3 is 0 Å². The smallest absolute Gasteiger partial charge is 0.250 e. The van der Waals surface area contributed by atoms with Crippen LogP contribution in [0.4, 0.5) is 0 Å². The summed E-state index contributed by atoms with van der Waals surface area (Å²) >= 11 is 6.92. The highest BCUT2D eigenvalue weighted by atomic mass is 35.5. The van der Waals surface area contributed by atoms with E-state index in [1.165, 1.54) is 6.07 Å². The van der Waals surface area contributed by atoms with Gasteiger partial charge in [0.15, 0.2) is 0 Å². The highest BCUT2D eigenvalue weighted by Gasteiger charge is 2.30. The summed E-state index contributed by atoms with van der Waals surface area (Å²) in [7, 11) is -3.62. The van der Waals surface area contributed by atoms with Gasteiger partial charge in [0.1, 0.15) is 4.21 Å². The van der Waals surface area contributed by atoms with Gasteiger partial charge in [0.05, 0.1) is 10.4 Å². The minimum absolute atomic E-state index is 0.179. The van der Waals surface area contributed by atoms with Gasteiger partial charge in [-0.15, -0.1) is 11.3 Å². The highest BCUT2D eigenvalue weighted by Crippen LogP contribution is 2.33. The van der Waals surface area contributed by atoms with E-state index in [-0.39, 0.29) is 16.2 Å². The molecule has 8 heteroatoms. The molecule has 0 aromatic carbocycles. The molecule has 0 bridgehead atoms. The molecular formula is C15H17ClN2O3S2. The molecule has 23 heavy (non-hydrogen) atoms. The standard InChI is InChI=1S/C15H17ClN2O3S2/c16-13-3-4-14(22-13)23(19,20)18-15(11-5-8-21-9-6-11)12-2-1-7-17-10-12/h1-4,7,10-11,15,18H,5-6,8-9H2. The van der Waals surface area contributed by atoms with Crippen molar-refractivity contribution >= 4 is 33.0 Å². The highest BCUT2D eigenvalue weighted by molar-refractivity contribution is 7.91. The zero-order chi connectivity index (χ0) is 16.3. The van der Waals surface area contributed by atoms with Gasteiger partial charge in [-0.3, -0.25) is 4.98 Å². The molecule has 5 nitrogen and oxygen atoms in total. The minimum atomic E-state index is -3.62. The molecule has 0 aliphatic carbocycles. The maximum atomic E-state index is 12.7. The number of halogens is 1. The number of hydrogen-bond acceptors (Lipinski definition) is 5. The number of pyridine rings is 1. The van der Waals surface area contributed by atoms with Crippen molar-refractivity contribution in [1.29, 1.82) is 0 Å². The second kappa shape index (κ2) is 7.27. The van der Waals surface area contributed by atoms with Crippen molar-refractivity contribution in [2.24, 2.45) is 5.92 Å². The van der Waals surface area contributed by atoms with Crippen LogP contribution in [0.3, 0.4) is 0 Å². The summed E-state index contributed by atoms with van der Waals surface area (Å²) in [6.45, 7) is 1.29. The maximum absolute atomic E-state index is 12.7. The first kappa shape index (κ1) is 16.9. The van der Waals surface area contributed by atoms with Gasteiger partial charge in [-0.2, -0.15) is 0 Å². The Balaban J connectivity index is 1.89. The van der Waals surface area contributed by atoms with E-state index in [0.29, 0.717) is 17.6 Å². The van der Waals surface area contributed by atoms with Crippen LogP contribution in [0.1, 0.15) is 24.4 Å². The van der Waals surface area contributed by atoms with Crippen molar-refractivity contribution in [3.63, 3.8) is 0 Å². The lowest BCUT2D eigenvalue weighted by Crippen LogP contribution is -2.35. The summed E-state index contributed by atoms with van der Waals surface area (Å²) < 4.78 is 34.2. The monoisotopic (exact) mass is 372 g/mol. The Morgan fingerprint density at radius 3 is 2.70 bits per heavy atom. The number of sulfonamides is 1. The molecule has 0 spiro atoms. The number of nitrogens with zero attached hydrogens (tertiary/aromatic N) is 1. The molecule has 0 radical (unpaired) electrons. The van der Waals surface area contributed by atoms with Crippen molar-refractivity contribution in [1.82, 2.24) is 9.71 Å². The predicted octanol–water partition coefficient (Wildman–Crippen LogP) is 3.24. The summed E-state index contributed by atoms with van der Waals surface area (Å²) in [5.74, 6) is 0.179. The summed E-state index contributed by atoms with van der Waals surface area (Å²) in [5, 5.41) is 0. The molecule has 1 atom stereocenters. The van der Waals surface area contributed by atoms with Crippen LogP contribution in [0.15, 0.2) is 40.9 Å². The lowest BCUT2D eigenvalue weighted by molar-refractivity contribution is 0.0564. The van der Waals surface area contributed by atoms with Crippen LogP contribution in [0.2, 0.25) is 4.34 Å². The summed E-state index contributed by atoms with van der Waals surface area (Å²) in [4.78, 5) is 4.12. The molecule has 1 aliphatic rings. The summed E-state index contributed by atoms with van der Waals surface area (Å²) in [6, 6.07) is 6.52. The molecule has 0 amide bonds. The van der Waals surface area contributed by atoms with Crippen LogP contribution in [-0.2, 0) is 14.8 Å². The van der Waals surface area contributed by atoms with Crippen LogP contribution in [0, 0.1) is 5.92 Å². The second-order valence-electron chi connectivity index (χ2n) is 5.39. The minimum Gasteiger partial charge on any atom is -0.381 e. The van der Waals surface area contributed by atoms with E-state index in [0.717, 1.165) is 29.7 Å². The number of nitrogens with one attached hydrogen (secondary N) is 1. The lowest BCUT2D eigenvalue weighted by Gasteiger charge is -2.30. The molecule has 0 saturated carbocycles. The molecular weight excluding hydrogens is 356 g/mol. The average Bonchev–Trinajstić information content (AvgIpc) is 3.02. The van der Waals surface area contributed by atoms with Crippen LogP contribution < -0.4 is 4.72 Å². The Morgan fingerprint density at radius 1 is 1.30 bits per heavy atom. The second-order valence-corrected chi connectivity index (χ2v) is 9.05.